The van der Waals surface area contributed by atoms with Gasteiger partial charge in [0.1, 0.15) is 0 Å². The van der Waals surface area contributed by atoms with Crippen molar-refractivity contribution in [1.29, 1.82) is 0 Å². The summed E-state index contributed by atoms with van der Waals surface area (Å²) >= 11 is 0. The van der Waals surface area contributed by atoms with E-state index in [-0.39, 0.29) is 5.60 Å². The van der Waals surface area contributed by atoms with Crippen molar-refractivity contribution < 1.29 is 5.11 Å². The monoisotopic (exact) mass is 166 g/mol. The minimum atomic E-state index is -0.260. The van der Waals surface area contributed by atoms with Gasteiger partial charge in [0.05, 0.1) is 5.60 Å². The first-order valence-corrected chi connectivity index (χ1v) is 5.43. The highest BCUT2D eigenvalue weighted by Crippen LogP contribution is 2.65. The number of hydrogen-bond acceptors (Lipinski definition) is 1. The molecule has 12 heavy (non-hydrogen) atoms. The summed E-state index contributed by atoms with van der Waals surface area (Å²) in [5.41, 5.74) is -0.260. The van der Waals surface area contributed by atoms with Crippen LogP contribution in [0, 0.1) is 23.7 Å². The fraction of sp³-hybridized carbons (Fsp3) is 1.00. The summed E-state index contributed by atoms with van der Waals surface area (Å²) in [4.78, 5) is 0. The van der Waals surface area contributed by atoms with E-state index in [9.17, 15) is 5.11 Å². The largest absolute Gasteiger partial charge is 0.390 e. The second-order valence-electron chi connectivity index (χ2n) is 5.29. The molecular weight excluding hydrogens is 148 g/mol. The van der Waals surface area contributed by atoms with Gasteiger partial charge in [-0.25, -0.2) is 0 Å². The second kappa shape index (κ2) is 2.06. The van der Waals surface area contributed by atoms with Crippen LogP contribution in [0.15, 0.2) is 0 Å². The van der Waals surface area contributed by atoms with Gasteiger partial charge < -0.3 is 5.11 Å². The van der Waals surface area contributed by atoms with E-state index in [4.69, 9.17) is 0 Å². The lowest BCUT2D eigenvalue weighted by molar-refractivity contribution is 0.128. The zero-order chi connectivity index (χ0) is 8.34. The molecule has 0 bridgehead atoms. The minimum Gasteiger partial charge on any atom is -0.390 e. The van der Waals surface area contributed by atoms with E-state index in [2.05, 4.69) is 6.92 Å². The molecule has 0 saturated heterocycles. The molecular formula is C11H18O. The van der Waals surface area contributed by atoms with Crippen molar-refractivity contribution in [2.45, 2.75) is 44.6 Å². The Kier molecular flexibility index (Phi) is 1.27. The third-order valence-corrected chi connectivity index (χ3v) is 4.78. The van der Waals surface area contributed by atoms with Gasteiger partial charge in [-0.05, 0) is 49.9 Å². The topological polar surface area (TPSA) is 20.2 Å². The summed E-state index contributed by atoms with van der Waals surface area (Å²) < 4.78 is 0. The molecule has 0 spiro atoms. The zero-order valence-corrected chi connectivity index (χ0v) is 7.79. The molecule has 68 valence electrons. The maximum Gasteiger partial charge on any atom is 0.0686 e. The molecule has 1 N–H and O–H groups in total. The lowest BCUT2D eigenvalue weighted by Gasteiger charge is -2.23. The molecule has 0 aromatic heterocycles. The molecule has 4 unspecified atom stereocenters. The molecule has 5 atom stereocenters. The van der Waals surface area contributed by atoms with Crippen molar-refractivity contribution >= 4 is 0 Å². The SMILES string of the molecule is CC1(O)C2CCC3CCC[C@@H]3C21. The molecule has 0 heterocycles. The second-order valence-corrected chi connectivity index (χ2v) is 5.29. The molecule has 1 heteroatoms. The lowest BCUT2D eigenvalue weighted by atomic mass is 9.81. The summed E-state index contributed by atoms with van der Waals surface area (Å²) in [5, 5.41) is 10.0. The Morgan fingerprint density at radius 2 is 2.00 bits per heavy atom. The Labute approximate surface area is 74.2 Å². The smallest absolute Gasteiger partial charge is 0.0686 e. The van der Waals surface area contributed by atoms with E-state index in [0.29, 0.717) is 11.8 Å². The van der Waals surface area contributed by atoms with Gasteiger partial charge >= 0.3 is 0 Å². The van der Waals surface area contributed by atoms with Crippen LogP contribution in [-0.4, -0.2) is 10.7 Å². The van der Waals surface area contributed by atoms with Gasteiger partial charge in [0.25, 0.3) is 0 Å². The first kappa shape index (κ1) is 7.37. The van der Waals surface area contributed by atoms with Crippen LogP contribution in [-0.2, 0) is 0 Å². The Bertz CT molecular complexity index is 203. The predicted molar refractivity (Wildman–Crippen MR) is 47.7 cm³/mol. The third kappa shape index (κ3) is 0.736. The molecule has 1 nitrogen and oxygen atoms in total. The first-order chi connectivity index (χ1) is 5.71. The maximum atomic E-state index is 10.0. The van der Waals surface area contributed by atoms with Gasteiger partial charge in [-0.1, -0.05) is 12.8 Å². The van der Waals surface area contributed by atoms with Gasteiger partial charge in [0.2, 0.25) is 0 Å². The Morgan fingerprint density at radius 1 is 1.17 bits per heavy atom. The molecule has 0 aliphatic heterocycles. The lowest BCUT2D eigenvalue weighted by Crippen LogP contribution is -2.17. The van der Waals surface area contributed by atoms with Crippen LogP contribution in [0.1, 0.15) is 39.0 Å². The number of rotatable bonds is 0. The van der Waals surface area contributed by atoms with Gasteiger partial charge in [0.15, 0.2) is 0 Å². The van der Waals surface area contributed by atoms with Crippen molar-refractivity contribution in [1.82, 2.24) is 0 Å². The number of fused-ring (bicyclic) bond motifs is 3. The van der Waals surface area contributed by atoms with E-state index in [1.54, 1.807) is 0 Å². The van der Waals surface area contributed by atoms with Crippen LogP contribution in [0.5, 0.6) is 0 Å². The molecule has 3 saturated carbocycles. The fourth-order valence-corrected chi connectivity index (χ4v) is 4.12. The standard InChI is InChI=1S/C11H18O/c1-11(12)9-6-5-7-3-2-4-8(7)10(9)11/h7-10,12H,2-6H2,1H3/t7?,8-,9?,10?,11?/m0/s1. The van der Waals surface area contributed by atoms with E-state index < -0.39 is 0 Å². The van der Waals surface area contributed by atoms with Gasteiger partial charge in [-0.2, -0.15) is 0 Å². The molecule has 3 aliphatic rings. The van der Waals surface area contributed by atoms with Crippen molar-refractivity contribution in [3.05, 3.63) is 0 Å². The molecule has 3 rings (SSSR count). The average molecular weight is 166 g/mol. The fourth-order valence-electron chi connectivity index (χ4n) is 4.12. The highest BCUT2D eigenvalue weighted by molar-refractivity contribution is 5.15. The quantitative estimate of drug-likeness (QED) is 0.585. The summed E-state index contributed by atoms with van der Waals surface area (Å²) in [5.74, 6) is 3.26. The third-order valence-electron chi connectivity index (χ3n) is 4.78. The molecule has 0 radical (unpaired) electrons. The van der Waals surface area contributed by atoms with Crippen LogP contribution in [0.2, 0.25) is 0 Å². The van der Waals surface area contributed by atoms with Gasteiger partial charge in [0, 0.05) is 0 Å². The number of aliphatic hydroxyl groups is 1. The van der Waals surface area contributed by atoms with Crippen molar-refractivity contribution in [3.63, 3.8) is 0 Å². The summed E-state index contributed by atoms with van der Waals surface area (Å²) in [6, 6.07) is 0. The maximum absolute atomic E-state index is 10.0. The highest BCUT2D eigenvalue weighted by atomic mass is 16.3. The number of hydrogen-bond donors (Lipinski definition) is 1. The Morgan fingerprint density at radius 3 is 2.83 bits per heavy atom. The molecule has 3 aliphatic carbocycles. The Hall–Kier alpha value is -0.0400. The van der Waals surface area contributed by atoms with E-state index in [1.807, 2.05) is 0 Å². The van der Waals surface area contributed by atoms with Crippen LogP contribution in [0.4, 0.5) is 0 Å². The minimum absolute atomic E-state index is 0.260. The van der Waals surface area contributed by atoms with Gasteiger partial charge in [-0.15, -0.1) is 0 Å². The van der Waals surface area contributed by atoms with Crippen LogP contribution >= 0.6 is 0 Å². The average Bonchev–Trinajstić information content (AvgIpc) is 2.50. The van der Waals surface area contributed by atoms with Crippen molar-refractivity contribution in [2.75, 3.05) is 0 Å². The van der Waals surface area contributed by atoms with Crippen LogP contribution in [0.25, 0.3) is 0 Å². The molecule has 0 aromatic rings. The summed E-state index contributed by atoms with van der Waals surface area (Å²) in [6.07, 6.45) is 6.99. The van der Waals surface area contributed by atoms with E-state index in [1.165, 1.54) is 32.1 Å². The van der Waals surface area contributed by atoms with Crippen molar-refractivity contribution in [3.8, 4) is 0 Å². The highest BCUT2D eigenvalue weighted by Gasteiger charge is 2.66. The summed E-state index contributed by atoms with van der Waals surface area (Å²) in [7, 11) is 0. The molecule has 0 aromatic carbocycles. The normalized spacial score (nSPS) is 62.5. The molecule has 0 amide bonds. The predicted octanol–water partition coefficient (Wildman–Crippen LogP) is 2.19. The van der Waals surface area contributed by atoms with Crippen molar-refractivity contribution in [2.24, 2.45) is 23.7 Å². The van der Waals surface area contributed by atoms with Crippen LogP contribution in [0.3, 0.4) is 0 Å². The van der Waals surface area contributed by atoms with E-state index >= 15 is 0 Å². The first-order valence-electron chi connectivity index (χ1n) is 5.43. The Balaban J connectivity index is 1.85. The van der Waals surface area contributed by atoms with E-state index in [0.717, 1.165) is 11.8 Å². The van der Waals surface area contributed by atoms with Gasteiger partial charge in [-0.3, -0.25) is 0 Å². The zero-order valence-electron chi connectivity index (χ0n) is 7.79. The summed E-state index contributed by atoms with van der Waals surface area (Å²) in [6.45, 7) is 2.06. The van der Waals surface area contributed by atoms with Crippen LogP contribution < -0.4 is 0 Å². The molecule has 3 fully saturated rings.